The third-order valence-corrected chi connectivity index (χ3v) is 7.17. The summed E-state index contributed by atoms with van der Waals surface area (Å²) in [5, 5.41) is 15.7. The lowest BCUT2D eigenvalue weighted by Crippen LogP contribution is -2.44. The van der Waals surface area contributed by atoms with Crippen molar-refractivity contribution in [3.05, 3.63) is 78.1 Å². The number of aryl methyl sites for hydroxylation is 1. The highest BCUT2D eigenvalue weighted by Crippen LogP contribution is 2.35. The number of morpholine rings is 1. The Morgan fingerprint density at radius 3 is 3.02 bits per heavy atom. The van der Waals surface area contributed by atoms with Crippen LogP contribution in [0, 0.1) is 12.7 Å². The largest absolute Gasteiger partial charge is 0.448 e. The highest BCUT2D eigenvalue weighted by atomic mass is 32.1. The van der Waals surface area contributed by atoms with Gasteiger partial charge in [0.1, 0.15) is 24.3 Å². The predicted octanol–water partition coefficient (Wildman–Crippen LogP) is 4.09. The second-order valence-corrected chi connectivity index (χ2v) is 9.88. The molecule has 1 fully saturated rings. The first kappa shape index (κ1) is 26.0. The van der Waals surface area contributed by atoms with E-state index in [2.05, 4.69) is 25.8 Å². The minimum absolute atomic E-state index is 0.0327. The van der Waals surface area contributed by atoms with Crippen molar-refractivity contribution < 1.29 is 18.7 Å². The van der Waals surface area contributed by atoms with Gasteiger partial charge in [-0.2, -0.15) is 10.2 Å². The van der Waals surface area contributed by atoms with Gasteiger partial charge in [0.2, 0.25) is 0 Å². The predicted molar refractivity (Wildman–Crippen MR) is 152 cm³/mol. The Hall–Kier alpha value is -4.20. The zero-order chi connectivity index (χ0) is 27.6. The Labute approximate surface area is 234 Å². The number of carbonyl (C=O) groups excluding carboxylic acids is 1. The maximum atomic E-state index is 13.6. The molecule has 13 heteroatoms. The van der Waals surface area contributed by atoms with Crippen molar-refractivity contribution in [1.82, 2.24) is 29.7 Å². The van der Waals surface area contributed by atoms with Crippen LogP contribution in [0.3, 0.4) is 0 Å². The fourth-order valence-electron chi connectivity index (χ4n) is 4.73. The molecule has 6 rings (SSSR count). The first-order valence-corrected chi connectivity index (χ1v) is 13.1. The van der Waals surface area contributed by atoms with Gasteiger partial charge < -0.3 is 14.8 Å². The average Bonchev–Trinajstić information content (AvgIpc) is 3.51. The number of amides is 1. The average molecular weight is 563 g/mol. The fraction of sp³-hybridized carbons (Fsp3) is 0.259. The number of hydrogen-bond donors (Lipinski definition) is 3. The first-order chi connectivity index (χ1) is 19.5. The van der Waals surface area contributed by atoms with E-state index in [4.69, 9.17) is 22.3 Å². The standard InChI is InChI=1S/C27H27FN8O3S/c1-17-23(33-27(37)39-15-21-14-38-8-7-29-21)13-35-25(17)26(30-16-32-35)36(40)22-5-6-24-19(10-22)11-31-34(24)12-18-3-2-4-20(28)9-18/h2-6,9-11,13,16,21,29,40H,7-8,12,14-15H2,1H3,(H,33,37)/t21-/m0/s1. The summed E-state index contributed by atoms with van der Waals surface area (Å²) in [6.07, 6.45) is 4.34. The number of aromatic nitrogens is 5. The van der Waals surface area contributed by atoms with E-state index in [9.17, 15) is 9.18 Å². The molecule has 1 aliphatic rings. The van der Waals surface area contributed by atoms with Gasteiger partial charge in [0.15, 0.2) is 5.82 Å². The van der Waals surface area contributed by atoms with Crippen LogP contribution < -0.4 is 14.9 Å². The number of nitrogens with zero attached hydrogens (tertiary/aromatic N) is 6. The van der Waals surface area contributed by atoms with Crippen molar-refractivity contribution in [2.45, 2.75) is 19.5 Å². The van der Waals surface area contributed by atoms with Crippen LogP contribution in [-0.2, 0) is 16.0 Å². The van der Waals surface area contributed by atoms with Gasteiger partial charge in [-0.1, -0.05) is 24.9 Å². The van der Waals surface area contributed by atoms with Gasteiger partial charge >= 0.3 is 6.09 Å². The summed E-state index contributed by atoms with van der Waals surface area (Å²) in [4.78, 5) is 17.0. The Balaban J connectivity index is 1.22. The summed E-state index contributed by atoms with van der Waals surface area (Å²) in [6.45, 7) is 4.40. The summed E-state index contributed by atoms with van der Waals surface area (Å²) in [6, 6.07) is 12.3. The quantitative estimate of drug-likeness (QED) is 0.255. The van der Waals surface area contributed by atoms with Crippen molar-refractivity contribution in [1.29, 1.82) is 0 Å². The van der Waals surface area contributed by atoms with Gasteiger partial charge in [-0.05, 0) is 42.8 Å². The van der Waals surface area contributed by atoms with Gasteiger partial charge in [0, 0.05) is 17.5 Å². The summed E-state index contributed by atoms with van der Waals surface area (Å²) < 4.78 is 29.5. The van der Waals surface area contributed by atoms with Crippen LogP contribution in [0.25, 0.3) is 16.4 Å². The van der Waals surface area contributed by atoms with Gasteiger partial charge in [0.05, 0.1) is 55.1 Å². The Morgan fingerprint density at radius 1 is 1.30 bits per heavy atom. The lowest BCUT2D eigenvalue weighted by Gasteiger charge is -2.23. The number of halogens is 1. The Morgan fingerprint density at radius 2 is 2.20 bits per heavy atom. The number of benzene rings is 2. The molecule has 1 amide bonds. The first-order valence-electron chi connectivity index (χ1n) is 12.7. The minimum atomic E-state index is -0.565. The van der Waals surface area contributed by atoms with Gasteiger partial charge in [-0.3, -0.25) is 14.3 Å². The van der Waals surface area contributed by atoms with E-state index < -0.39 is 6.09 Å². The number of rotatable bonds is 7. The lowest BCUT2D eigenvalue weighted by molar-refractivity contribution is 0.0494. The molecule has 1 atom stereocenters. The van der Waals surface area contributed by atoms with E-state index in [1.54, 1.807) is 27.3 Å². The maximum Gasteiger partial charge on any atom is 0.411 e. The molecule has 0 saturated carbocycles. The van der Waals surface area contributed by atoms with Crippen molar-refractivity contribution in [2.75, 3.05) is 36.0 Å². The monoisotopic (exact) mass is 562 g/mol. The highest BCUT2D eigenvalue weighted by molar-refractivity contribution is 7.82. The topological polar surface area (TPSA) is 111 Å². The van der Waals surface area contributed by atoms with Gasteiger partial charge in [-0.25, -0.2) is 18.7 Å². The number of carbonyl (C=O) groups is 1. The molecule has 0 spiro atoms. The van der Waals surface area contributed by atoms with Gasteiger partial charge in [0.25, 0.3) is 0 Å². The van der Waals surface area contributed by atoms with E-state index in [-0.39, 0.29) is 18.5 Å². The third-order valence-electron chi connectivity index (χ3n) is 6.75. The second-order valence-electron chi connectivity index (χ2n) is 9.48. The smallest absolute Gasteiger partial charge is 0.411 e. The number of fused-ring (bicyclic) bond motifs is 2. The van der Waals surface area contributed by atoms with Crippen molar-refractivity contribution in [3.8, 4) is 0 Å². The molecule has 1 aliphatic heterocycles. The summed E-state index contributed by atoms with van der Waals surface area (Å²) in [5.41, 5.74) is 4.48. The van der Waals surface area contributed by atoms with E-state index >= 15 is 0 Å². The van der Waals surface area contributed by atoms with Crippen LogP contribution >= 0.6 is 12.8 Å². The normalized spacial score (nSPS) is 15.4. The van der Waals surface area contributed by atoms with E-state index in [1.165, 1.54) is 18.5 Å². The molecular formula is C27H27FN8O3S. The van der Waals surface area contributed by atoms with E-state index in [0.717, 1.165) is 34.3 Å². The fourth-order valence-corrected chi connectivity index (χ4v) is 5.01. The summed E-state index contributed by atoms with van der Waals surface area (Å²) in [5.74, 6) is 0.258. The molecule has 40 heavy (non-hydrogen) atoms. The molecule has 0 radical (unpaired) electrons. The van der Waals surface area contributed by atoms with Crippen molar-refractivity contribution >= 4 is 52.5 Å². The number of ether oxygens (including phenoxy) is 2. The minimum Gasteiger partial charge on any atom is -0.448 e. The van der Waals surface area contributed by atoms with Crippen LogP contribution in [0.15, 0.2) is 61.2 Å². The molecular weight excluding hydrogens is 535 g/mol. The number of hydrogen-bond acceptors (Lipinski definition) is 9. The zero-order valence-electron chi connectivity index (χ0n) is 21.6. The number of anilines is 3. The molecule has 0 bridgehead atoms. The maximum absolute atomic E-state index is 13.6. The summed E-state index contributed by atoms with van der Waals surface area (Å²) in [7, 11) is 0. The van der Waals surface area contributed by atoms with Crippen LogP contribution in [0.2, 0.25) is 0 Å². The van der Waals surface area contributed by atoms with Crippen LogP contribution in [0.4, 0.5) is 26.4 Å². The zero-order valence-corrected chi connectivity index (χ0v) is 22.5. The molecule has 3 aromatic heterocycles. The molecule has 4 heterocycles. The molecule has 11 nitrogen and oxygen atoms in total. The highest BCUT2D eigenvalue weighted by Gasteiger charge is 2.20. The van der Waals surface area contributed by atoms with Crippen molar-refractivity contribution in [3.63, 3.8) is 0 Å². The number of nitrogens with one attached hydrogen (secondary N) is 2. The molecule has 206 valence electrons. The van der Waals surface area contributed by atoms with Crippen molar-refractivity contribution in [2.24, 2.45) is 0 Å². The molecule has 5 aromatic rings. The third kappa shape index (κ3) is 5.30. The number of thiol groups is 1. The Bertz CT molecular complexity index is 1680. The van der Waals surface area contributed by atoms with Crippen LogP contribution in [0.1, 0.15) is 11.1 Å². The molecule has 1 saturated heterocycles. The van der Waals surface area contributed by atoms with E-state index in [0.29, 0.717) is 36.8 Å². The van der Waals surface area contributed by atoms with Crippen LogP contribution in [0.5, 0.6) is 0 Å². The van der Waals surface area contributed by atoms with E-state index in [1.807, 2.05) is 35.9 Å². The van der Waals surface area contributed by atoms with Crippen LogP contribution in [-0.4, -0.2) is 62.9 Å². The Kier molecular flexibility index (Phi) is 7.24. The molecule has 0 aliphatic carbocycles. The summed E-state index contributed by atoms with van der Waals surface area (Å²) >= 11 is 4.76. The van der Waals surface area contributed by atoms with Gasteiger partial charge in [-0.15, -0.1) is 0 Å². The molecule has 2 aromatic carbocycles. The second kappa shape index (κ2) is 11.1. The molecule has 0 unspecified atom stereocenters. The molecule has 2 N–H and O–H groups in total. The SMILES string of the molecule is Cc1c(NC(=O)OC[C@@H]2COCCN2)cn2ncnc(N(S)c3ccc4c(cnn4Cc4cccc(F)c4)c3)c12. The lowest BCUT2D eigenvalue weighted by atomic mass is 10.2.